The fourth-order valence-electron chi connectivity index (χ4n) is 1.95. The van der Waals surface area contributed by atoms with Crippen molar-refractivity contribution < 1.29 is 9.53 Å². The van der Waals surface area contributed by atoms with Gasteiger partial charge in [-0.05, 0) is 30.2 Å². The van der Waals surface area contributed by atoms with Crippen LogP contribution in [0.15, 0.2) is 5.16 Å². The van der Waals surface area contributed by atoms with Crippen LogP contribution in [0, 0.1) is 0 Å². The number of carbonyl (C=O) groups is 1. The maximum atomic E-state index is 11.8. The Morgan fingerprint density at radius 1 is 1.63 bits per heavy atom. The van der Waals surface area contributed by atoms with Crippen molar-refractivity contribution in [3.8, 4) is 0 Å². The number of amides is 1. The number of ether oxygens (including phenoxy) is 1. The lowest BCUT2D eigenvalue weighted by atomic mass is 10.2. The largest absolute Gasteiger partial charge is 0.376 e. The molecule has 2 heterocycles. The first-order valence-electron chi connectivity index (χ1n) is 6.33. The van der Waals surface area contributed by atoms with Crippen LogP contribution in [0.1, 0.15) is 19.8 Å². The molecule has 0 N–H and O–H groups in total. The Morgan fingerprint density at radius 3 is 3.05 bits per heavy atom. The second kappa shape index (κ2) is 6.33. The maximum Gasteiger partial charge on any atom is 0.235 e. The molecular formula is C11H19N5O2S. The lowest BCUT2D eigenvalue weighted by Gasteiger charge is -2.16. The van der Waals surface area contributed by atoms with Gasteiger partial charge in [-0.25, -0.2) is 4.68 Å². The van der Waals surface area contributed by atoms with Gasteiger partial charge in [-0.1, -0.05) is 11.8 Å². The quantitative estimate of drug-likeness (QED) is 0.730. The molecule has 1 aliphatic heterocycles. The summed E-state index contributed by atoms with van der Waals surface area (Å²) in [4.78, 5) is 13.4. The first-order valence-corrected chi connectivity index (χ1v) is 7.21. The average molecular weight is 285 g/mol. The summed E-state index contributed by atoms with van der Waals surface area (Å²) in [6, 6.07) is 0. The minimum atomic E-state index is -0.204. The Morgan fingerprint density at radius 2 is 2.42 bits per heavy atom. The number of aromatic nitrogens is 4. The number of thioether (sulfide) groups is 1. The van der Waals surface area contributed by atoms with Crippen LogP contribution in [-0.2, 0) is 16.1 Å². The van der Waals surface area contributed by atoms with E-state index in [0.717, 1.165) is 19.4 Å². The highest BCUT2D eigenvalue weighted by Gasteiger charge is 2.22. The summed E-state index contributed by atoms with van der Waals surface area (Å²) in [6.45, 7) is 3.32. The Hall–Kier alpha value is -1.15. The van der Waals surface area contributed by atoms with Crippen LogP contribution in [0.5, 0.6) is 0 Å². The fourth-order valence-corrected chi connectivity index (χ4v) is 2.89. The Balaban J connectivity index is 1.96. The van der Waals surface area contributed by atoms with Gasteiger partial charge in [0.05, 0.1) is 17.9 Å². The zero-order valence-corrected chi connectivity index (χ0v) is 12.3. The molecule has 1 saturated heterocycles. The molecule has 0 saturated carbocycles. The Labute approximate surface area is 116 Å². The third-order valence-corrected chi connectivity index (χ3v) is 4.03. The van der Waals surface area contributed by atoms with E-state index in [4.69, 9.17) is 4.74 Å². The highest BCUT2D eigenvalue weighted by molar-refractivity contribution is 8.00. The van der Waals surface area contributed by atoms with Crippen LogP contribution >= 0.6 is 11.8 Å². The summed E-state index contributed by atoms with van der Waals surface area (Å²) >= 11 is 1.38. The summed E-state index contributed by atoms with van der Waals surface area (Å²) in [5.74, 6) is 0.0525. The number of carbonyl (C=O) groups excluding carboxylic acids is 1. The van der Waals surface area contributed by atoms with E-state index in [1.54, 1.807) is 23.7 Å². The maximum absolute atomic E-state index is 11.8. The van der Waals surface area contributed by atoms with E-state index < -0.39 is 0 Å². The molecule has 1 aliphatic rings. The van der Waals surface area contributed by atoms with Gasteiger partial charge in [-0.2, -0.15) is 0 Å². The SMILES string of the molecule is CC(Sc1nnnn1CC1CCCO1)C(=O)N(C)C. The molecule has 0 radical (unpaired) electrons. The van der Waals surface area contributed by atoms with E-state index in [0.29, 0.717) is 11.7 Å². The lowest BCUT2D eigenvalue weighted by Crippen LogP contribution is -2.30. The molecule has 1 amide bonds. The number of hydrogen-bond donors (Lipinski definition) is 0. The smallest absolute Gasteiger partial charge is 0.235 e. The van der Waals surface area contributed by atoms with Gasteiger partial charge in [0.15, 0.2) is 0 Å². The minimum absolute atomic E-state index is 0.0525. The second-order valence-corrected chi connectivity index (χ2v) is 6.08. The number of nitrogens with zero attached hydrogens (tertiary/aromatic N) is 5. The summed E-state index contributed by atoms with van der Waals surface area (Å²) in [5, 5.41) is 12.1. The molecule has 106 valence electrons. The predicted octanol–water partition coefficient (Wildman–Crippen LogP) is 0.421. The zero-order chi connectivity index (χ0) is 13.8. The second-order valence-electron chi connectivity index (χ2n) is 4.77. The number of hydrogen-bond acceptors (Lipinski definition) is 6. The van der Waals surface area contributed by atoms with Gasteiger partial charge in [0.2, 0.25) is 11.1 Å². The third kappa shape index (κ3) is 3.66. The monoisotopic (exact) mass is 285 g/mol. The standard InChI is InChI=1S/C11H19N5O2S/c1-8(10(17)15(2)3)19-11-12-13-14-16(11)7-9-5-4-6-18-9/h8-9H,4-7H2,1-3H3. The first kappa shape index (κ1) is 14.3. The Bertz CT molecular complexity index is 430. The predicted molar refractivity (Wildman–Crippen MR) is 70.8 cm³/mol. The van der Waals surface area contributed by atoms with Crippen LogP contribution in [0.3, 0.4) is 0 Å². The molecule has 0 aromatic carbocycles. The topological polar surface area (TPSA) is 73.1 Å². The van der Waals surface area contributed by atoms with Crippen molar-refractivity contribution in [1.29, 1.82) is 0 Å². The van der Waals surface area contributed by atoms with E-state index in [2.05, 4.69) is 15.5 Å². The summed E-state index contributed by atoms with van der Waals surface area (Å²) in [7, 11) is 3.49. The van der Waals surface area contributed by atoms with E-state index in [1.807, 2.05) is 6.92 Å². The number of rotatable bonds is 5. The van der Waals surface area contributed by atoms with Gasteiger partial charge in [0.1, 0.15) is 0 Å². The van der Waals surface area contributed by atoms with Crippen LogP contribution < -0.4 is 0 Å². The van der Waals surface area contributed by atoms with E-state index in [1.165, 1.54) is 11.8 Å². The molecule has 2 rings (SSSR count). The van der Waals surface area contributed by atoms with Gasteiger partial charge in [0.25, 0.3) is 0 Å². The normalized spacial score (nSPS) is 20.5. The minimum Gasteiger partial charge on any atom is -0.376 e. The van der Waals surface area contributed by atoms with Crippen molar-refractivity contribution in [3.05, 3.63) is 0 Å². The molecule has 7 nitrogen and oxygen atoms in total. The van der Waals surface area contributed by atoms with Crippen molar-refractivity contribution in [1.82, 2.24) is 25.1 Å². The highest BCUT2D eigenvalue weighted by Crippen LogP contribution is 2.22. The van der Waals surface area contributed by atoms with Gasteiger partial charge in [-0.15, -0.1) is 5.10 Å². The third-order valence-electron chi connectivity index (χ3n) is 2.97. The van der Waals surface area contributed by atoms with Gasteiger partial charge in [-0.3, -0.25) is 4.79 Å². The molecule has 1 fully saturated rings. The molecule has 1 aromatic heterocycles. The van der Waals surface area contributed by atoms with Crippen molar-refractivity contribution >= 4 is 17.7 Å². The van der Waals surface area contributed by atoms with Crippen LogP contribution in [0.25, 0.3) is 0 Å². The average Bonchev–Trinajstić information content (AvgIpc) is 3.01. The van der Waals surface area contributed by atoms with E-state index in [-0.39, 0.29) is 17.3 Å². The summed E-state index contributed by atoms with van der Waals surface area (Å²) < 4.78 is 7.29. The van der Waals surface area contributed by atoms with Gasteiger partial charge < -0.3 is 9.64 Å². The molecular weight excluding hydrogens is 266 g/mol. The molecule has 2 unspecified atom stereocenters. The molecule has 1 aromatic rings. The van der Waals surface area contributed by atoms with Crippen LogP contribution in [0.4, 0.5) is 0 Å². The molecule has 2 atom stereocenters. The van der Waals surface area contributed by atoms with Gasteiger partial charge >= 0.3 is 0 Å². The molecule has 0 spiro atoms. The molecule has 0 aliphatic carbocycles. The lowest BCUT2D eigenvalue weighted by molar-refractivity contribution is -0.127. The van der Waals surface area contributed by atoms with E-state index >= 15 is 0 Å². The van der Waals surface area contributed by atoms with Crippen molar-refractivity contribution in [3.63, 3.8) is 0 Å². The zero-order valence-electron chi connectivity index (χ0n) is 11.4. The molecule has 8 heteroatoms. The first-order chi connectivity index (χ1) is 9.08. The van der Waals surface area contributed by atoms with Crippen molar-refractivity contribution in [2.45, 2.75) is 42.8 Å². The van der Waals surface area contributed by atoms with Gasteiger partial charge in [0, 0.05) is 20.7 Å². The van der Waals surface area contributed by atoms with Crippen LogP contribution in [0.2, 0.25) is 0 Å². The highest BCUT2D eigenvalue weighted by atomic mass is 32.2. The Kier molecular flexibility index (Phi) is 4.76. The fraction of sp³-hybridized carbons (Fsp3) is 0.818. The summed E-state index contributed by atoms with van der Waals surface area (Å²) in [6.07, 6.45) is 2.31. The van der Waals surface area contributed by atoms with Crippen LogP contribution in [-0.4, -0.2) is 63.1 Å². The molecule has 19 heavy (non-hydrogen) atoms. The molecule has 0 bridgehead atoms. The van der Waals surface area contributed by atoms with E-state index in [9.17, 15) is 4.79 Å². The van der Waals surface area contributed by atoms with Crippen molar-refractivity contribution in [2.24, 2.45) is 0 Å². The summed E-state index contributed by atoms with van der Waals surface area (Å²) in [5.41, 5.74) is 0. The number of tetrazole rings is 1. The van der Waals surface area contributed by atoms with Crippen molar-refractivity contribution in [2.75, 3.05) is 20.7 Å².